The SMILES string of the molecule is COc1ccc(CN2C(=O)c3cccc(N[C@@H]4CCCC[C@H]4NCc4ccccc4)c3C2=O)cc1OC. The number of nitrogens with one attached hydrogen (secondary N) is 2. The Balaban J connectivity index is 1.33. The van der Waals surface area contributed by atoms with E-state index < -0.39 is 0 Å². The van der Waals surface area contributed by atoms with E-state index in [0.29, 0.717) is 22.6 Å². The average molecular weight is 500 g/mol. The van der Waals surface area contributed by atoms with Crippen LogP contribution in [0.5, 0.6) is 11.5 Å². The van der Waals surface area contributed by atoms with Gasteiger partial charge in [-0.25, -0.2) is 0 Å². The van der Waals surface area contributed by atoms with Gasteiger partial charge in [-0.3, -0.25) is 14.5 Å². The Bertz CT molecular complexity index is 1280. The fraction of sp³-hybridized carbons (Fsp3) is 0.333. The molecule has 0 aromatic heterocycles. The number of imide groups is 1. The topological polar surface area (TPSA) is 79.9 Å². The van der Waals surface area contributed by atoms with E-state index in [0.717, 1.165) is 37.1 Å². The maximum Gasteiger partial charge on any atom is 0.263 e. The highest BCUT2D eigenvalue weighted by Crippen LogP contribution is 2.34. The first-order valence-electron chi connectivity index (χ1n) is 12.8. The van der Waals surface area contributed by atoms with Crippen molar-refractivity contribution in [2.24, 2.45) is 0 Å². The van der Waals surface area contributed by atoms with Gasteiger partial charge in [-0.15, -0.1) is 0 Å². The first-order valence-corrected chi connectivity index (χ1v) is 12.8. The monoisotopic (exact) mass is 499 g/mol. The second kappa shape index (κ2) is 11.0. The average Bonchev–Trinajstić information content (AvgIpc) is 3.18. The molecule has 0 radical (unpaired) electrons. The van der Waals surface area contributed by atoms with Crippen LogP contribution in [0.4, 0.5) is 5.69 Å². The fourth-order valence-corrected chi connectivity index (χ4v) is 5.35. The molecular formula is C30H33N3O4. The number of hydrogen-bond donors (Lipinski definition) is 2. The third-order valence-corrected chi connectivity index (χ3v) is 7.31. The van der Waals surface area contributed by atoms with Gasteiger partial charge in [-0.05, 0) is 48.2 Å². The molecule has 0 spiro atoms. The molecule has 3 aromatic carbocycles. The minimum Gasteiger partial charge on any atom is -0.493 e. The Kier molecular flexibility index (Phi) is 7.42. The third kappa shape index (κ3) is 5.18. The zero-order chi connectivity index (χ0) is 25.8. The van der Waals surface area contributed by atoms with Crippen LogP contribution >= 0.6 is 0 Å². The van der Waals surface area contributed by atoms with Crippen molar-refractivity contribution < 1.29 is 19.1 Å². The second-order valence-corrected chi connectivity index (χ2v) is 9.62. The molecule has 1 heterocycles. The lowest BCUT2D eigenvalue weighted by molar-refractivity contribution is 0.0642. The molecule has 1 aliphatic heterocycles. The lowest BCUT2D eigenvalue weighted by Crippen LogP contribution is -2.46. The summed E-state index contributed by atoms with van der Waals surface area (Å²) in [5, 5.41) is 7.35. The van der Waals surface area contributed by atoms with Crippen LogP contribution in [0.2, 0.25) is 0 Å². The van der Waals surface area contributed by atoms with E-state index in [4.69, 9.17) is 9.47 Å². The summed E-state index contributed by atoms with van der Waals surface area (Å²) in [4.78, 5) is 28.1. The summed E-state index contributed by atoms with van der Waals surface area (Å²) in [6.45, 7) is 0.962. The number of ether oxygens (including phenoxy) is 2. The van der Waals surface area contributed by atoms with Crippen molar-refractivity contribution in [1.29, 1.82) is 0 Å². The summed E-state index contributed by atoms with van der Waals surface area (Å²) in [5.74, 6) is 0.608. The molecule has 3 aromatic rings. The highest BCUT2D eigenvalue weighted by Gasteiger charge is 2.38. The molecule has 5 rings (SSSR count). The molecule has 1 aliphatic carbocycles. The second-order valence-electron chi connectivity index (χ2n) is 9.62. The molecule has 1 saturated carbocycles. The molecular weight excluding hydrogens is 466 g/mol. The molecule has 7 nitrogen and oxygen atoms in total. The highest BCUT2D eigenvalue weighted by atomic mass is 16.5. The molecule has 7 heteroatoms. The molecule has 2 atom stereocenters. The van der Waals surface area contributed by atoms with Crippen LogP contribution in [0.1, 0.15) is 57.5 Å². The number of hydrogen-bond acceptors (Lipinski definition) is 6. The summed E-state index contributed by atoms with van der Waals surface area (Å²) in [5.41, 5.74) is 3.67. The van der Waals surface area contributed by atoms with E-state index >= 15 is 0 Å². The Morgan fingerprint density at radius 1 is 0.811 bits per heavy atom. The number of methoxy groups -OCH3 is 2. The maximum absolute atomic E-state index is 13.5. The van der Waals surface area contributed by atoms with Crippen LogP contribution in [-0.4, -0.2) is 43.0 Å². The number of rotatable bonds is 9. The summed E-state index contributed by atoms with van der Waals surface area (Å²) < 4.78 is 10.7. The molecule has 0 bridgehead atoms. The van der Waals surface area contributed by atoms with E-state index in [9.17, 15) is 9.59 Å². The van der Waals surface area contributed by atoms with Crippen molar-refractivity contribution in [2.75, 3.05) is 19.5 Å². The number of anilines is 1. The van der Waals surface area contributed by atoms with Crippen molar-refractivity contribution in [3.05, 3.63) is 89.0 Å². The van der Waals surface area contributed by atoms with Gasteiger partial charge in [0.25, 0.3) is 11.8 Å². The van der Waals surface area contributed by atoms with Crippen LogP contribution < -0.4 is 20.1 Å². The Hall–Kier alpha value is -3.84. The standard InChI is InChI=1S/C30H33N3O4/c1-36-26-16-15-21(17-27(26)37-2)19-33-29(34)22-11-8-14-25(28(22)30(33)35)32-24-13-7-6-12-23(24)31-18-20-9-4-3-5-10-20/h3-5,8-11,14-17,23-24,31-32H,6-7,12-13,18-19H2,1-2H3/t23-,24-/m1/s1. The Morgan fingerprint density at radius 2 is 1.57 bits per heavy atom. The van der Waals surface area contributed by atoms with E-state index in [1.165, 1.54) is 16.9 Å². The summed E-state index contributed by atoms with van der Waals surface area (Å²) in [6.07, 6.45) is 4.38. The number of benzene rings is 3. The zero-order valence-corrected chi connectivity index (χ0v) is 21.3. The maximum atomic E-state index is 13.5. The minimum absolute atomic E-state index is 0.164. The van der Waals surface area contributed by atoms with Crippen molar-refractivity contribution in [2.45, 2.75) is 50.9 Å². The van der Waals surface area contributed by atoms with Gasteiger partial charge < -0.3 is 20.1 Å². The van der Waals surface area contributed by atoms with E-state index in [1.54, 1.807) is 32.4 Å². The van der Waals surface area contributed by atoms with Gasteiger partial charge in [0.1, 0.15) is 0 Å². The smallest absolute Gasteiger partial charge is 0.263 e. The summed E-state index contributed by atoms with van der Waals surface area (Å²) in [7, 11) is 3.14. The molecule has 1 fully saturated rings. The number of fused-ring (bicyclic) bond motifs is 1. The first kappa shape index (κ1) is 24.8. The van der Waals surface area contributed by atoms with Gasteiger partial charge >= 0.3 is 0 Å². The number of nitrogens with zero attached hydrogens (tertiary/aromatic N) is 1. The Morgan fingerprint density at radius 3 is 2.32 bits per heavy atom. The quantitative estimate of drug-likeness (QED) is 0.403. The molecule has 192 valence electrons. The van der Waals surface area contributed by atoms with E-state index in [-0.39, 0.29) is 30.4 Å². The first-order chi connectivity index (χ1) is 18.1. The third-order valence-electron chi connectivity index (χ3n) is 7.31. The lowest BCUT2D eigenvalue weighted by atomic mass is 9.89. The summed E-state index contributed by atoms with van der Waals surface area (Å²) >= 11 is 0. The minimum atomic E-state index is -0.277. The Labute approximate surface area is 217 Å². The van der Waals surface area contributed by atoms with Gasteiger partial charge in [0, 0.05) is 24.3 Å². The molecule has 2 amide bonds. The van der Waals surface area contributed by atoms with Gasteiger partial charge in [-0.2, -0.15) is 0 Å². The van der Waals surface area contributed by atoms with Gasteiger partial charge in [-0.1, -0.05) is 55.3 Å². The van der Waals surface area contributed by atoms with Crippen LogP contribution in [0.15, 0.2) is 66.7 Å². The highest BCUT2D eigenvalue weighted by molar-refractivity contribution is 6.23. The van der Waals surface area contributed by atoms with Crippen LogP contribution in [-0.2, 0) is 13.1 Å². The number of carbonyl (C=O) groups is 2. The fourth-order valence-electron chi connectivity index (χ4n) is 5.35. The van der Waals surface area contributed by atoms with Crippen molar-refractivity contribution in [1.82, 2.24) is 10.2 Å². The zero-order valence-electron chi connectivity index (χ0n) is 21.3. The normalized spacial score (nSPS) is 19.0. The van der Waals surface area contributed by atoms with Crippen LogP contribution in [0, 0.1) is 0 Å². The van der Waals surface area contributed by atoms with E-state index in [1.807, 2.05) is 24.3 Å². The molecule has 0 saturated heterocycles. The number of carbonyl (C=O) groups excluding carboxylic acids is 2. The van der Waals surface area contributed by atoms with Gasteiger partial charge in [0.05, 0.1) is 31.9 Å². The molecule has 37 heavy (non-hydrogen) atoms. The van der Waals surface area contributed by atoms with Gasteiger partial charge in [0.2, 0.25) is 0 Å². The van der Waals surface area contributed by atoms with Crippen molar-refractivity contribution >= 4 is 17.5 Å². The molecule has 2 N–H and O–H groups in total. The van der Waals surface area contributed by atoms with Crippen molar-refractivity contribution in [3.8, 4) is 11.5 Å². The van der Waals surface area contributed by atoms with E-state index in [2.05, 4.69) is 34.9 Å². The van der Waals surface area contributed by atoms with Crippen LogP contribution in [0.3, 0.4) is 0 Å². The lowest BCUT2D eigenvalue weighted by Gasteiger charge is -2.34. The molecule has 0 unspecified atom stereocenters. The summed E-state index contributed by atoms with van der Waals surface area (Å²) in [6, 6.07) is 21.7. The van der Waals surface area contributed by atoms with Crippen LogP contribution in [0.25, 0.3) is 0 Å². The molecule has 2 aliphatic rings. The predicted molar refractivity (Wildman–Crippen MR) is 143 cm³/mol. The number of amides is 2. The largest absolute Gasteiger partial charge is 0.493 e. The van der Waals surface area contributed by atoms with Gasteiger partial charge in [0.15, 0.2) is 11.5 Å². The van der Waals surface area contributed by atoms with Crippen molar-refractivity contribution in [3.63, 3.8) is 0 Å². The predicted octanol–water partition coefficient (Wildman–Crippen LogP) is 5.01.